The minimum atomic E-state index is -5.06. The second kappa shape index (κ2) is 24.7. The number of aromatic carboxylic acids is 3. The van der Waals surface area contributed by atoms with Crippen molar-refractivity contribution in [1.82, 2.24) is 15.0 Å². The van der Waals surface area contributed by atoms with Crippen LogP contribution in [0.5, 0.6) is 5.75 Å². The summed E-state index contributed by atoms with van der Waals surface area (Å²) < 4.78 is 61.1. The van der Waals surface area contributed by atoms with Gasteiger partial charge in [0.25, 0.3) is 0 Å². The molecule has 5 aromatic rings. The number of nitrogens with zero attached hydrogens (tertiary/aromatic N) is 5. The van der Waals surface area contributed by atoms with Crippen molar-refractivity contribution in [3.05, 3.63) is 83.4 Å². The normalized spacial score (nSPS) is 10.0. The number of carboxylic acids is 3. The van der Waals surface area contributed by atoms with Gasteiger partial charge >= 0.3 is 158 Å². The summed E-state index contributed by atoms with van der Waals surface area (Å²) in [6, 6.07) is 13.9. The molecule has 0 aliphatic heterocycles. The van der Waals surface area contributed by atoms with Crippen molar-refractivity contribution in [3.63, 3.8) is 0 Å². The van der Waals surface area contributed by atoms with Gasteiger partial charge in [0.05, 0.1) is 23.6 Å². The van der Waals surface area contributed by atoms with Crippen molar-refractivity contribution in [2.45, 2.75) is 4.90 Å². The van der Waals surface area contributed by atoms with Crippen LogP contribution in [0, 0.1) is 6.07 Å². The molecule has 5 N–H and O–H groups in total. The molecule has 4 aromatic carbocycles. The molecule has 1 heterocycles. The van der Waals surface area contributed by atoms with E-state index in [-0.39, 0.29) is 193 Å². The number of aromatic nitrogens is 3. The van der Waals surface area contributed by atoms with Crippen LogP contribution in [-0.4, -0.2) is 63.6 Å². The first-order valence-corrected chi connectivity index (χ1v) is 15.6. The first kappa shape index (κ1) is 56.0. The van der Waals surface area contributed by atoms with Crippen LogP contribution < -0.4 is 179 Å². The van der Waals surface area contributed by atoms with Crippen LogP contribution in [0.4, 0.5) is 40.6 Å². The Hall–Kier alpha value is -2.11. The van der Waals surface area contributed by atoms with E-state index in [0.717, 1.165) is 30.3 Å². The number of hydrogen-bond acceptors (Lipinski definition) is 21. The molecule has 0 amide bonds. The Morgan fingerprint density at radius 2 is 1.32 bits per heavy atom. The van der Waals surface area contributed by atoms with E-state index in [1.807, 2.05) is 0 Å². The molecule has 0 fully saturated rings. The molecule has 0 aliphatic carbocycles. The zero-order chi connectivity index (χ0) is 37.6. The molecule has 0 radical (unpaired) electrons. The number of carbonyl (C=O) groups excluding carboxylic acids is 3. The van der Waals surface area contributed by atoms with E-state index in [4.69, 9.17) is 18.4 Å². The number of phenolic OH excluding ortho intramolecular Hbond substituents is 1. The largest absolute Gasteiger partial charge is 1.00 e. The third kappa shape index (κ3) is 15.6. The number of hydrogen-bond donors (Lipinski definition) is 4. The molecule has 5 rings (SSSR count). The summed E-state index contributed by atoms with van der Waals surface area (Å²) in [5.74, 6) is -6.71. The van der Waals surface area contributed by atoms with Gasteiger partial charge in [-0.3, -0.25) is 0 Å². The molecule has 28 heteroatoms. The van der Waals surface area contributed by atoms with Gasteiger partial charge in [-0.15, -0.1) is 18.0 Å². The van der Waals surface area contributed by atoms with Gasteiger partial charge in [-0.05, 0) is 41.5 Å². The van der Waals surface area contributed by atoms with Crippen molar-refractivity contribution >= 4 is 90.0 Å². The molecule has 262 valence electrons. The number of phenols is 1. The first-order valence-electron chi connectivity index (χ1n) is 13.2. The third-order valence-electron chi connectivity index (χ3n) is 6.20. The fraction of sp³-hybridized carbons (Fsp3) is 0. The summed E-state index contributed by atoms with van der Waals surface area (Å²) in [6.07, 6.45) is 0. The maximum Gasteiger partial charge on any atom is 1.00 e. The Balaban J connectivity index is 0. The van der Waals surface area contributed by atoms with E-state index in [0.29, 0.717) is 0 Å². The summed E-state index contributed by atoms with van der Waals surface area (Å²) in [7, 11) is -8.17. The van der Waals surface area contributed by atoms with Crippen molar-refractivity contribution < 1.29 is 208 Å². The molecule has 1 aromatic heterocycles. The van der Waals surface area contributed by atoms with Crippen LogP contribution in [0.25, 0.3) is 10.8 Å². The maximum absolute atomic E-state index is 11.9. The number of aromatic hydroxyl groups is 1. The number of carboxylic acid groups (broad SMARTS) is 3. The van der Waals surface area contributed by atoms with E-state index < -0.39 is 72.3 Å². The third-order valence-corrected chi connectivity index (χ3v) is 7.01. The summed E-state index contributed by atoms with van der Waals surface area (Å²) in [4.78, 5) is 45.2. The van der Waals surface area contributed by atoms with Gasteiger partial charge in [-0.25, -0.2) is 8.42 Å². The Kier molecular flexibility index (Phi) is 24.7. The van der Waals surface area contributed by atoms with Gasteiger partial charge in [-0.2, -0.15) is 37.3 Å². The number of anilines is 5. The number of rotatable bonds is 10. The number of azo groups is 1. The maximum atomic E-state index is 11.9. The van der Waals surface area contributed by atoms with E-state index in [1.54, 1.807) is 0 Å². The second-order valence-corrected chi connectivity index (χ2v) is 11.3. The van der Waals surface area contributed by atoms with Crippen molar-refractivity contribution in [2.24, 2.45) is 10.2 Å². The van der Waals surface area contributed by atoms with Gasteiger partial charge in [0.15, 0.2) is 0 Å². The molecule has 0 unspecified atom stereocenters. The molecule has 21 nitrogen and oxygen atoms in total. The molecular weight excluding hydrogens is 835 g/mol. The van der Waals surface area contributed by atoms with Gasteiger partial charge in [-0.1, -0.05) is 29.7 Å². The van der Waals surface area contributed by atoms with Crippen LogP contribution in [0.2, 0.25) is 0 Å². The van der Waals surface area contributed by atoms with Gasteiger partial charge in [0, 0.05) is 33.3 Å². The van der Waals surface area contributed by atoms with E-state index in [2.05, 4.69) is 41.9 Å². The quantitative estimate of drug-likeness (QED) is 0.0438. The standard InChI is InChI=1S/C28H19N8O10S.5Na.O3S/c29-26-32-27(30-15-8-13(23(38)39)7-14(9-15)24(40)41)34-28(33-26)31-20-11-16(47(44,45)46)10-12-5-6-19(22(37)21(12)20)36-35-18-4-2-1-3-17(18)25(42)43;;;;;;1-4(2)3/h1-5,7-11,37H,(H,38,39)(H,40,41)(H,42,43)(H,44,45,46)(H4,29,30,31,32,33,34);;;;;;/q-1;5*+1;/p-4. The fourth-order valence-electron chi connectivity index (χ4n) is 4.19. The predicted molar refractivity (Wildman–Crippen MR) is 163 cm³/mol. The van der Waals surface area contributed by atoms with Crippen LogP contribution in [-0.2, 0) is 20.7 Å². The first-order chi connectivity index (χ1) is 23.9. The summed E-state index contributed by atoms with van der Waals surface area (Å²) in [5.41, 5.74) is 3.66. The Morgan fingerprint density at radius 1 is 0.786 bits per heavy atom. The summed E-state index contributed by atoms with van der Waals surface area (Å²) >= 11 is 0. The second-order valence-electron chi connectivity index (χ2n) is 9.55. The van der Waals surface area contributed by atoms with E-state index in [1.165, 1.54) is 30.3 Å². The SMILES string of the molecule is Nc1nc(Nc2cc(C(=O)[O-])cc(C(=O)[O-])c2)nc(Nc2cc(S(=O)(=O)[O-])cc3c[c-]c(N=Nc4ccccc4C(=O)[O-])c(O)c23)n1.O=S(=O)=O.[Na+].[Na+].[Na+].[Na+].[Na+]. The number of fused-ring (bicyclic) bond motifs is 1. The van der Waals surface area contributed by atoms with Crippen molar-refractivity contribution in [2.75, 3.05) is 16.4 Å². The number of nitrogens with two attached hydrogens (primary N) is 1. The average molecular weight is 851 g/mol. The molecule has 0 aliphatic rings. The fourth-order valence-corrected chi connectivity index (χ4v) is 4.73. The zero-order valence-electron chi connectivity index (χ0n) is 29.7. The molecule has 0 saturated heterocycles. The molecular formula is C28H15N8Na5O13S2. The van der Waals surface area contributed by atoms with Gasteiger partial charge < -0.3 is 55.7 Å². The zero-order valence-corrected chi connectivity index (χ0v) is 41.4. The Morgan fingerprint density at radius 3 is 1.84 bits per heavy atom. The topological polar surface area (TPSA) is 362 Å². The number of benzene rings is 4. The summed E-state index contributed by atoms with van der Waals surface area (Å²) in [6.45, 7) is 0. The average Bonchev–Trinajstić information content (AvgIpc) is 3.03. The Bertz CT molecular complexity index is 2480. The van der Waals surface area contributed by atoms with Crippen molar-refractivity contribution in [1.29, 1.82) is 0 Å². The minimum absolute atomic E-state index is 0. The number of nitrogen functional groups attached to an aromatic ring is 1. The predicted octanol–water partition coefficient (Wildman–Crippen LogP) is -16.0. The van der Waals surface area contributed by atoms with Crippen LogP contribution in [0.15, 0.2) is 75.8 Å². The van der Waals surface area contributed by atoms with E-state index >= 15 is 0 Å². The van der Waals surface area contributed by atoms with E-state index in [9.17, 15) is 47.8 Å². The van der Waals surface area contributed by atoms with Gasteiger partial charge in [0.2, 0.25) is 17.8 Å². The van der Waals surface area contributed by atoms with Gasteiger partial charge in [0.1, 0.15) is 10.1 Å². The van der Waals surface area contributed by atoms with Crippen LogP contribution in [0.1, 0.15) is 31.1 Å². The number of carbonyl (C=O) groups is 3. The van der Waals surface area contributed by atoms with Crippen molar-refractivity contribution in [3.8, 4) is 5.75 Å². The number of nitrogens with one attached hydrogen (secondary N) is 2. The van der Waals surface area contributed by atoms with Crippen LogP contribution in [0.3, 0.4) is 0 Å². The Labute approximate surface area is 427 Å². The summed E-state index contributed by atoms with van der Waals surface area (Å²) in [5, 5.41) is 58.0. The molecule has 0 spiro atoms. The van der Waals surface area contributed by atoms with Crippen LogP contribution >= 0.6 is 0 Å². The molecule has 0 atom stereocenters. The minimum Gasteiger partial charge on any atom is -0.744 e. The molecule has 56 heavy (non-hydrogen) atoms. The monoisotopic (exact) mass is 850 g/mol. The smallest absolute Gasteiger partial charge is 0.744 e. The molecule has 0 saturated carbocycles. The molecule has 0 bridgehead atoms.